The van der Waals surface area contributed by atoms with Crippen molar-refractivity contribution in [1.29, 1.82) is 0 Å². The fourth-order valence-corrected chi connectivity index (χ4v) is 2.29. The zero-order chi connectivity index (χ0) is 15.6. The van der Waals surface area contributed by atoms with E-state index in [1.165, 1.54) is 25.1 Å². The summed E-state index contributed by atoms with van der Waals surface area (Å²) in [6.07, 6.45) is 0. The molecule has 21 heavy (non-hydrogen) atoms. The minimum atomic E-state index is -0.837. The first-order valence-electron chi connectivity index (χ1n) is 5.81. The van der Waals surface area contributed by atoms with E-state index in [0.717, 1.165) is 12.1 Å². The van der Waals surface area contributed by atoms with E-state index in [1.807, 2.05) is 0 Å². The van der Waals surface area contributed by atoms with E-state index < -0.39 is 10.7 Å². The average molecular weight is 354 g/mol. The molecule has 5 nitrogen and oxygen atoms in total. The number of hydrogen-bond acceptors (Lipinski definition) is 4. The molecule has 0 saturated carbocycles. The second-order valence-electron chi connectivity index (χ2n) is 4.17. The number of hydrogen-bond donors (Lipinski definition) is 0. The van der Waals surface area contributed by atoms with Crippen LogP contribution in [0.4, 0.5) is 10.1 Å². The molecule has 2 aromatic rings. The minimum Gasteiger partial charge on any atom is -0.454 e. The molecule has 0 aliphatic carbocycles. The first-order chi connectivity index (χ1) is 9.88. The van der Waals surface area contributed by atoms with E-state index in [-0.39, 0.29) is 17.2 Å². The summed E-state index contributed by atoms with van der Waals surface area (Å²) in [7, 11) is 0. The summed E-state index contributed by atoms with van der Waals surface area (Å²) in [5.74, 6) is -0.784. The maximum absolute atomic E-state index is 13.7. The molecule has 0 fully saturated rings. The van der Waals surface area contributed by atoms with Gasteiger partial charge in [-0.1, -0.05) is 0 Å². The predicted octanol–water partition coefficient (Wildman–Crippen LogP) is 4.49. The molecular formula is C14H9BrFNO4. The van der Waals surface area contributed by atoms with Gasteiger partial charge in [-0.15, -0.1) is 0 Å². The third-order valence-electron chi connectivity index (χ3n) is 2.67. The van der Waals surface area contributed by atoms with Gasteiger partial charge in [0.2, 0.25) is 0 Å². The Morgan fingerprint density at radius 2 is 2.00 bits per heavy atom. The van der Waals surface area contributed by atoms with Crippen LogP contribution in [0.15, 0.2) is 40.9 Å². The molecule has 0 aliphatic heterocycles. The molecule has 2 rings (SSSR count). The van der Waals surface area contributed by atoms with Gasteiger partial charge in [-0.25, -0.2) is 4.39 Å². The first-order valence-corrected chi connectivity index (χ1v) is 6.60. The van der Waals surface area contributed by atoms with Crippen LogP contribution < -0.4 is 4.74 Å². The highest BCUT2D eigenvalue weighted by Gasteiger charge is 2.13. The van der Waals surface area contributed by atoms with Crippen LogP contribution in [0.2, 0.25) is 0 Å². The number of carbonyl (C=O) groups excluding carboxylic acids is 1. The standard InChI is InChI=1S/C14H9BrFNO4/c1-8(18)11-4-3-10(7-12(11)15)21-14-5-2-9(17(19)20)6-13(14)16/h2-7H,1H3. The summed E-state index contributed by atoms with van der Waals surface area (Å²) in [4.78, 5) is 21.1. The Kier molecular flexibility index (Phi) is 4.32. The van der Waals surface area contributed by atoms with E-state index in [4.69, 9.17) is 4.74 Å². The zero-order valence-electron chi connectivity index (χ0n) is 10.8. The predicted molar refractivity (Wildman–Crippen MR) is 77.3 cm³/mol. The van der Waals surface area contributed by atoms with Crippen molar-refractivity contribution in [3.05, 3.63) is 62.4 Å². The number of ether oxygens (including phenoxy) is 1. The maximum Gasteiger partial charge on any atom is 0.272 e. The van der Waals surface area contributed by atoms with Gasteiger partial charge in [0, 0.05) is 16.1 Å². The number of benzene rings is 2. The first kappa shape index (κ1) is 15.1. The molecule has 0 saturated heterocycles. The van der Waals surface area contributed by atoms with Gasteiger partial charge in [-0.2, -0.15) is 0 Å². The highest BCUT2D eigenvalue weighted by Crippen LogP contribution is 2.30. The van der Waals surface area contributed by atoms with Crippen LogP contribution in [0, 0.1) is 15.9 Å². The SMILES string of the molecule is CC(=O)c1ccc(Oc2ccc([N+](=O)[O-])cc2F)cc1Br. The van der Waals surface area contributed by atoms with Crippen LogP contribution in [0.3, 0.4) is 0 Å². The maximum atomic E-state index is 13.7. The molecule has 0 spiro atoms. The number of halogens is 2. The van der Waals surface area contributed by atoms with Crippen LogP contribution >= 0.6 is 15.9 Å². The largest absolute Gasteiger partial charge is 0.454 e. The van der Waals surface area contributed by atoms with Crippen molar-refractivity contribution in [3.8, 4) is 11.5 Å². The van der Waals surface area contributed by atoms with E-state index in [1.54, 1.807) is 6.07 Å². The summed E-state index contributed by atoms with van der Waals surface area (Å²) in [6, 6.07) is 7.71. The van der Waals surface area contributed by atoms with Crippen LogP contribution in [-0.2, 0) is 0 Å². The second-order valence-corrected chi connectivity index (χ2v) is 5.03. The van der Waals surface area contributed by atoms with Gasteiger partial charge in [-0.05, 0) is 47.1 Å². The van der Waals surface area contributed by atoms with E-state index in [2.05, 4.69) is 15.9 Å². The summed E-state index contributed by atoms with van der Waals surface area (Å²) < 4.78 is 19.6. The van der Waals surface area contributed by atoms with Crippen molar-refractivity contribution in [2.24, 2.45) is 0 Å². The lowest BCUT2D eigenvalue weighted by atomic mass is 10.1. The Morgan fingerprint density at radius 1 is 1.29 bits per heavy atom. The molecule has 0 amide bonds. The lowest BCUT2D eigenvalue weighted by molar-refractivity contribution is -0.385. The van der Waals surface area contributed by atoms with Crippen LogP contribution in [0.1, 0.15) is 17.3 Å². The number of Topliss-reactive ketones (excluding diaryl/α,β-unsaturated/α-hetero) is 1. The molecule has 2 aromatic carbocycles. The summed E-state index contributed by atoms with van der Waals surface area (Å²) >= 11 is 3.23. The quantitative estimate of drug-likeness (QED) is 0.461. The number of nitro groups is 1. The Bertz CT molecular complexity index is 733. The third-order valence-corrected chi connectivity index (χ3v) is 3.33. The van der Waals surface area contributed by atoms with Crippen LogP contribution in [-0.4, -0.2) is 10.7 Å². The van der Waals surface area contributed by atoms with E-state index in [0.29, 0.717) is 15.8 Å². The molecule has 108 valence electrons. The van der Waals surface area contributed by atoms with Crippen molar-refractivity contribution in [2.75, 3.05) is 0 Å². The highest BCUT2D eigenvalue weighted by atomic mass is 79.9. The molecule has 7 heteroatoms. The molecule has 0 N–H and O–H groups in total. The van der Waals surface area contributed by atoms with Gasteiger partial charge in [-0.3, -0.25) is 14.9 Å². The van der Waals surface area contributed by atoms with Gasteiger partial charge in [0.25, 0.3) is 5.69 Å². The van der Waals surface area contributed by atoms with Crippen molar-refractivity contribution in [3.63, 3.8) is 0 Å². The number of ketones is 1. The van der Waals surface area contributed by atoms with E-state index >= 15 is 0 Å². The Balaban J connectivity index is 2.28. The number of carbonyl (C=O) groups is 1. The van der Waals surface area contributed by atoms with Crippen molar-refractivity contribution < 1.29 is 18.8 Å². The number of nitro benzene ring substituents is 1. The van der Waals surface area contributed by atoms with Gasteiger partial charge in [0.05, 0.1) is 11.0 Å². The lowest BCUT2D eigenvalue weighted by Gasteiger charge is -2.08. The molecule has 0 aliphatic rings. The number of rotatable bonds is 4. The second kappa shape index (κ2) is 6.01. The third kappa shape index (κ3) is 3.43. The highest BCUT2D eigenvalue weighted by molar-refractivity contribution is 9.10. The van der Waals surface area contributed by atoms with Crippen molar-refractivity contribution >= 4 is 27.4 Å². The smallest absolute Gasteiger partial charge is 0.272 e. The fourth-order valence-electron chi connectivity index (χ4n) is 1.66. The lowest BCUT2D eigenvalue weighted by Crippen LogP contribution is -1.95. The monoisotopic (exact) mass is 353 g/mol. The zero-order valence-corrected chi connectivity index (χ0v) is 12.4. The molecular weight excluding hydrogens is 345 g/mol. The molecule has 0 atom stereocenters. The minimum absolute atomic E-state index is 0.116. The number of non-ortho nitro benzene ring substituents is 1. The van der Waals surface area contributed by atoms with Crippen molar-refractivity contribution in [2.45, 2.75) is 6.92 Å². The summed E-state index contributed by atoms with van der Waals surface area (Å²) in [5, 5.41) is 10.5. The van der Waals surface area contributed by atoms with Crippen molar-refractivity contribution in [1.82, 2.24) is 0 Å². The normalized spacial score (nSPS) is 10.2. The molecule has 0 aromatic heterocycles. The van der Waals surface area contributed by atoms with Crippen LogP contribution in [0.5, 0.6) is 11.5 Å². The summed E-state index contributed by atoms with van der Waals surface area (Å²) in [5.41, 5.74) is 0.125. The van der Waals surface area contributed by atoms with Gasteiger partial charge in [0.15, 0.2) is 17.3 Å². The fraction of sp³-hybridized carbons (Fsp3) is 0.0714. The average Bonchev–Trinajstić information content (AvgIpc) is 2.40. The molecule has 0 radical (unpaired) electrons. The number of nitrogens with zero attached hydrogens (tertiary/aromatic N) is 1. The molecule has 0 unspecified atom stereocenters. The molecule has 0 bridgehead atoms. The Hall–Kier alpha value is -2.28. The summed E-state index contributed by atoms with van der Waals surface area (Å²) in [6.45, 7) is 1.43. The van der Waals surface area contributed by atoms with Crippen LogP contribution in [0.25, 0.3) is 0 Å². The van der Waals surface area contributed by atoms with E-state index in [9.17, 15) is 19.3 Å². The molecule has 0 heterocycles. The topological polar surface area (TPSA) is 69.4 Å². The van der Waals surface area contributed by atoms with Gasteiger partial charge < -0.3 is 4.74 Å². The van der Waals surface area contributed by atoms with Gasteiger partial charge >= 0.3 is 0 Å². The Labute approximate surface area is 127 Å². The van der Waals surface area contributed by atoms with Gasteiger partial charge in [0.1, 0.15) is 5.75 Å². The Morgan fingerprint density at radius 3 is 2.52 bits per heavy atom.